The van der Waals surface area contributed by atoms with Crippen molar-refractivity contribution < 1.29 is 14.2 Å². The summed E-state index contributed by atoms with van der Waals surface area (Å²) >= 11 is 0. The number of allylic oxidation sites excluding steroid dienone is 1. The van der Waals surface area contributed by atoms with Crippen molar-refractivity contribution in [1.82, 2.24) is 0 Å². The quantitative estimate of drug-likeness (QED) is 0.342. The molecule has 0 aromatic heterocycles. The molecule has 16 heavy (non-hydrogen) atoms. The van der Waals surface area contributed by atoms with Crippen molar-refractivity contribution in [2.45, 2.75) is 19.8 Å². The van der Waals surface area contributed by atoms with Crippen molar-refractivity contribution in [3.05, 3.63) is 24.2 Å². The van der Waals surface area contributed by atoms with Gasteiger partial charge in [-0.25, -0.2) is 0 Å². The van der Waals surface area contributed by atoms with Gasteiger partial charge >= 0.3 is 0 Å². The van der Waals surface area contributed by atoms with Crippen molar-refractivity contribution in [2.75, 3.05) is 26.9 Å². The van der Waals surface area contributed by atoms with Gasteiger partial charge in [0.1, 0.15) is 6.61 Å². The molecule has 0 spiro atoms. The lowest BCUT2D eigenvalue weighted by molar-refractivity contribution is 0.202. The Hall–Kier alpha value is -1.40. The summed E-state index contributed by atoms with van der Waals surface area (Å²) in [6.07, 6.45) is 11.9. The van der Waals surface area contributed by atoms with E-state index < -0.39 is 0 Å². The van der Waals surface area contributed by atoms with Gasteiger partial charge in [-0.05, 0) is 12.2 Å². The lowest BCUT2D eigenvalue weighted by Crippen LogP contribution is -1.95. The van der Waals surface area contributed by atoms with Gasteiger partial charge in [-0.15, -0.1) is 12.3 Å². The molecule has 0 atom stereocenters. The van der Waals surface area contributed by atoms with Crippen LogP contribution in [0, 0.1) is 12.3 Å². The van der Waals surface area contributed by atoms with E-state index in [-0.39, 0.29) is 0 Å². The molecular weight excluding hydrogens is 204 g/mol. The summed E-state index contributed by atoms with van der Waals surface area (Å²) in [5.41, 5.74) is 0. The SMILES string of the molecule is C#CCCO/C(=C/CO/C=C/COC)CC. The minimum atomic E-state index is 0.499. The number of methoxy groups -OCH3 is 1. The fourth-order valence-corrected chi connectivity index (χ4v) is 0.947. The molecule has 0 aromatic rings. The molecule has 0 heterocycles. The van der Waals surface area contributed by atoms with E-state index in [1.807, 2.05) is 13.0 Å². The second-order valence-corrected chi connectivity index (χ2v) is 2.99. The largest absolute Gasteiger partial charge is 0.497 e. The molecular formula is C13H20O3. The molecule has 3 nitrogen and oxygen atoms in total. The Morgan fingerprint density at radius 1 is 1.38 bits per heavy atom. The fourth-order valence-electron chi connectivity index (χ4n) is 0.947. The maximum absolute atomic E-state index is 5.45. The van der Waals surface area contributed by atoms with Crippen LogP contribution in [-0.2, 0) is 14.2 Å². The summed E-state index contributed by atoms with van der Waals surface area (Å²) in [5.74, 6) is 3.44. The first-order valence-electron chi connectivity index (χ1n) is 5.36. The molecule has 0 saturated heterocycles. The van der Waals surface area contributed by atoms with Gasteiger partial charge in [-0.3, -0.25) is 0 Å². The smallest absolute Gasteiger partial charge is 0.109 e. The molecule has 0 fully saturated rings. The van der Waals surface area contributed by atoms with Crippen LogP contribution >= 0.6 is 0 Å². The second-order valence-electron chi connectivity index (χ2n) is 2.99. The Kier molecular flexibility index (Phi) is 10.7. The zero-order valence-corrected chi connectivity index (χ0v) is 10.1. The van der Waals surface area contributed by atoms with Crippen LogP contribution < -0.4 is 0 Å². The van der Waals surface area contributed by atoms with E-state index in [0.717, 1.165) is 12.2 Å². The highest BCUT2D eigenvalue weighted by Crippen LogP contribution is 2.03. The Labute approximate surface area is 98.1 Å². The maximum Gasteiger partial charge on any atom is 0.109 e. The lowest BCUT2D eigenvalue weighted by Gasteiger charge is -2.06. The van der Waals surface area contributed by atoms with E-state index >= 15 is 0 Å². The molecule has 0 radical (unpaired) electrons. The third-order valence-corrected chi connectivity index (χ3v) is 1.74. The van der Waals surface area contributed by atoms with Crippen LogP contribution in [-0.4, -0.2) is 26.9 Å². The van der Waals surface area contributed by atoms with Crippen molar-refractivity contribution in [3.63, 3.8) is 0 Å². The monoisotopic (exact) mass is 224 g/mol. The molecule has 0 rings (SSSR count). The summed E-state index contributed by atoms with van der Waals surface area (Å²) < 4.78 is 15.5. The van der Waals surface area contributed by atoms with Crippen LogP contribution in [0.1, 0.15) is 19.8 Å². The molecule has 0 bridgehead atoms. The summed E-state index contributed by atoms with van der Waals surface area (Å²) in [6.45, 7) is 3.65. The van der Waals surface area contributed by atoms with Gasteiger partial charge in [0.25, 0.3) is 0 Å². The number of hydrogen-bond donors (Lipinski definition) is 0. The molecule has 0 aromatic carbocycles. The van der Waals surface area contributed by atoms with Crippen molar-refractivity contribution >= 4 is 0 Å². The van der Waals surface area contributed by atoms with Gasteiger partial charge in [0.2, 0.25) is 0 Å². The summed E-state index contributed by atoms with van der Waals surface area (Å²) in [5, 5.41) is 0. The van der Waals surface area contributed by atoms with Gasteiger partial charge in [-0.2, -0.15) is 0 Å². The molecule has 0 aliphatic carbocycles. The highest BCUT2D eigenvalue weighted by molar-refractivity contribution is 4.93. The Bertz CT molecular complexity index is 248. The van der Waals surface area contributed by atoms with E-state index in [2.05, 4.69) is 5.92 Å². The van der Waals surface area contributed by atoms with Crippen LogP contribution in [0.25, 0.3) is 0 Å². The minimum Gasteiger partial charge on any atom is -0.497 e. The van der Waals surface area contributed by atoms with Gasteiger partial charge in [0.05, 0.1) is 25.2 Å². The number of rotatable bonds is 9. The fraction of sp³-hybridized carbons (Fsp3) is 0.538. The Balaban J connectivity index is 3.67. The van der Waals surface area contributed by atoms with Crippen molar-refractivity contribution in [3.8, 4) is 12.3 Å². The van der Waals surface area contributed by atoms with Crippen LogP contribution in [0.2, 0.25) is 0 Å². The Morgan fingerprint density at radius 3 is 2.81 bits per heavy atom. The van der Waals surface area contributed by atoms with Crippen LogP contribution in [0.4, 0.5) is 0 Å². The predicted molar refractivity (Wildman–Crippen MR) is 64.7 cm³/mol. The van der Waals surface area contributed by atoms with Gasteiger partial charge in [0, 0.05) is 20.0 Å². The minimum absolute atomic E-state index is 0.499. The molecule has 90 valence electrons. The summed E-state index contributed by atoms with van der Waals surface area (Å²) in [6, 6.07) is 0. The average Bonchev–Trinajstić information content (AvgIpc) is 2.31. The summed E-state index contributed by atoms with van der Waals surface area (Å²) in [7, 11) is 1.64. The van der Waals surface area contributed by atoms with Crippen LogP contribution in [0.3, 0.4) is 0 Å². The lowest BCUT2D eigenvalue weighted by atomic mass is 10.3. The highest BCUT2D eigenvalue weighted by atomic mass is 16.5. The molecule has 3 heteroatoms. The summed E-state index contributed by atoms with van der Waals surface area (Å²) in [4.78, 5) is 0. The number of ether oxygens (including phenoxy) is 3. The maximum atomic E-state index is 5.45. The first-order chi connectivity index (χ1) is 7.85. The molecule has 0 unspecified atom stereocenters. The zero-order chi connectivity index (χ0) is 12.1. The van der Waals surface area contributed by atoms with E-state index in [1.54, 1.807) is 19.4 Å². The topological polar surface area (TPSA) is 27.7 Å². The molecule has 0 saturated carbocycles. The molecule has 0 aliphatic rings. The number of hydrogen-bond acceptors (Lipinski definition) is 3. The van der Waals surface area contributed by atoms with Crippen LogP contribution in [0.15, 0.2) is 24.2 Å². The normalized spacial score (nSPS) is 11.4. The molecule has 0 amide bonds. The third-order valence-electron chi connectivity index (χ3n) is 1.74. The Morgan fingerprint density at radius 2 is 2.19 bits per heavy atom. The standard InChI is InChI=1S/C13H20O3/c1-4-6-11-16-13(5-2)8-12-15-10-7-9-14-3/h1,7-8,10H,5-6,9,11-12H2,2-3H3/b10-7+,13-8+. The molecule has 0 aliphatic heterocycles. The third kappa shape index (κ3) is 9.17. The second kappa shape index (κ2) is 11.7. The van der Waals surface area contributed by atoms with Crippen molar-refractivity contribution in [2.24, 2.45) is 0 Å². The van der Waals surface area contributed by atoms with Gasteiger partial charge in [0.15, 0.2) is 0 Å². The van der Waals surface area contributed by atoms with Gasteiger partial charge in [-0.1, -0.05) is 6.92 Å². The van der Waals surface area contributed by atoms with E-state index in [0.29, 0.717) is 26.2 Å². The first-order valence-corrected chi connectivity index (χ1v) is 5.36. The van der Waals surface area contributed by atoms with Gasteiger partial charge < -0.3 is 14.2 Å². The average molecular weight is 224 g/mol. The van der Waals surface area contributed by atoms with E-state index in [1.165, 1.54) is 0 Å². The van der Waals surface area contributed by atoms with E-state index in [4.69, 9.17) is 20.6 Å². The predicted octanol–water partition coefficient (Wildman–Crippen LogP) is 2.50. The first kappa shape index (κ1) is 14.6. The zero-order valence-electron chi connectivity index (χ0n) is 10.1. The highest BCUT2D eigenvalue weighted by Gasteiger charge is 1.93. The van der Waals surface area contributed by atoms with E-state index in [9.17, 15) is 0 Å². The number of terminal acetylenes is 1. The molecule has 0 N–H and O–H groups in total. The van der Waals surface area contributed by atoms with Crippen molar-refractivity contribution in [1.29, 1.82) is 0 Å². The van der Waals surface area contributed by atoms with Crippen LogP contribution in [0.5, 0.6) is 0 Å².